The molecule has 0 unspecified atom stereocenters. The molecule has 4 N–H and O–H groups in total. The first-order valence-corrected chi connectivity index (χ1v) is 7.15. The molecule has 5 heteroatoms. The average Bonchev–Trinajstić information content (AvgIpc) is 2.70. The number of aromatic amines is 1. The van der Waals surface area contributed by atoms with E-state index in [1.165, 1.54) is 19.3 Å². The number of aromatic carboxylic acids is 1. The monoisotopic (exact) mass is 261 g/mol. The molecule has 0 amide bonds. The number of nitrogens with zero attached hydrogens (tertiary/aromatic N) is 1. The van der Waals surface area contributed by atoms with Crippen molar-refractivity contribution in [2.45, 2.75) is 43.9 Å². The Balaban J connectivity index is 1.84. The van der Waals surface area contributed by atoms with Crippen LogP contribution in [0.25, 0.3) is 0 Å². The minimum Gasteiger partial charge on any atom is -0.477 e. The van der Waals surface area contributed by atoms with Crippen LogP contribution in [-0.2, 0) is 5.41 Å². The number of hydrogen-bond donors (Lipinski definition) is 3. The zero-order valence-electron chi connectivity index (χ0n) is 10.9. The molecule has 5 nitrogen and oxygen atoms in total. The number of nitrogens with two attached hydrogens (primary N) is 1. The summed E-state index contributed by atoms with van der Waals surface area (Å²) in [6, 6.07) is 0. The molecule has 1 aromatic heterocycles. The zero-order chi connectivity index (χ0) is 13.2. The highest BCUT2D eigenvalue weighted by atomic mass is 16.4. The Labute approximate surface area is 111 Å². The van der Waals surface area contributed by atoms with Crippen molar-refractivity contribution in [3.05, 3.63) is 11.3 Å². The number of carboxylic acids is 1. The lowest BCUT2D eigenvalue weighted by molar-refractivity contribution is -0.00546. The van der Waals surface area contributed by atoms with E-state index in [4.69, 9.17) is 5.73 Å². The van der Waals surface area contributed by atoms with E-state index in [0.717, 1.165) is 42.6 Å². The number of carbonyl (C=O) groups is 1. The molecule has 4 fully saturated rings. The third-order valence-electron chi connectivity index (χ3n) is 5.58. The van der Waals surface area contributed by atoms with E-state index in [1.807, 2.05) is 0 Å². The van der Waals surface area contributed by atoms with E-state index in [-0.39, 0.29) is 11.1 Å². The highest BCUT2D eigenvalue weighted by Gasteiger charge is 2.53. The van der Waals surface area contributed by atoms with Gasteiger partial charge in [-0.3, -0.25) is 5.10 Å². The average molecular weight is 261 g/mol. The zero-order valence-corrected chi connectivity index (χ0v) is 10.9. The molecule has 0 atom stereocenters. The lowest BCUT2D eigenvalue weighted by Crippen LogP contribution is -2.49. The Morgan fingerprint density at radius 1 is 1.21 bits per heavy atom. The number of H-pyrrole nitrogens is 1. The summed E-state index contributed by atoms with van der Waals surface area (Å²) in [5.41, 5.74) is 7.01. The second-order valence-electron chi connectivity index (χ2n) is 6.86. The maximum absolute atomic E-state index is 11.4. The Morgan fingerprint density at radius 3 is 2.21 bits per heavy atom. The van der Waals surface area contributed by atoms with Crippen LogP contribution in [-0.4, -0.2) is 21.3 Å². The standard InChI is InChI=1S/C14H19N3O2/c15-12-10(11(13(18)19)16-17-12)14-4-7-1-8(5-14)3-9(2-7)6-14/h7-9H,1-6H2,(H,18,19)(H3,15,16,17). The van der Waals surface area contributed by atoms with Crippen LogP contribution in [0.15, 0.2) is 0 Å². The molecule has 0 aromatic carbocycles. The van der Waals surface area contributed by atoms with Gasteiger partial charge in [-0.15, -0.1) is 0 Å². The van der Waals surface area contributed by atoms with Crippen LogP contribution in [0.3, 0.4) is 0 Å². The summed E-state index contributed by atoms with van der Waals surface area (Å²) in [6.07, 6.45) is 7.30. The van der Waals surface area contributed by atoms with Crippen LogP contribution in [0.2, 0.25) is 0 Å². The van der Waals surface area contributed by atoms with Crippen molar-refractivity contribution < 1.29 is 9.90 Å². The molecule has 1 aromatic rings. The van der Waals surface area contributed by atoms with Gasteiger partial charge in [0.05, 0.1) is 0 Å². The highest BCUT2D eigenvalue weighted by molar-refractivity contribution is 5.89. The van der Waals surface area contributed by atoms with Gasteiger partial charge in [0.25, 0.3) is 0 Å². The van der Waals surface area contributed by atoms with Crippen molar-refractivity contribution in [1.29, 1.82) is 0 Å². The van der Waals surface area contributed by atoms with Gasteiger partial charge in [-0.2, -0.15) is 5.10 Å². The molecular weight excluding hydrogens is 242 g/mol. The number of anilines is 1. The van der Waals surface area contributed by atoms with Crippen LogP contribution in [0.5, 0.6) is 0 Å². The maximum atomic E-state index is 11.4. The molecule has 4 saturated carbocycles. The smallest absolute Gasteiger partial charge is 0.354 e. The Morgan fingerprint density at radius 2 is 1.74 bits per heavy atom. The van der Waals surface area contributed by atoms with Gasteiger partial charge in [-0.05, 0) is 56.3 Å². The van der Waals surface area contributed by atoms with E-state index in [1.54, 1.807) is 0 Å². The second kappa shape index (κ2) is 3.52. The molecule has 4 aliphatic carbocycles. The summed E-state index contributed by atoms with van der Waals surface area (Å²) in [4.78, 5) is 11.4. The van der Waals surface area contributed by atoms with Gasteiger partial charge in [0, 0.05) is 11.0 Å². The first-order valence-electron chi connectivity index (χ1n) is 7.15. The van der Waals surface area contributed by atoms with Crippen molar-refractivity contribution in [3.63, 3.8) is 0 Å². The summed E-state index contributed by atoms with van der Waals surface area (Å²) in [5.74, 6) is 1.76. The molecule has 4 aliphatic rings. The molecule has 4 bridgehead atoms. The van der Waals surface area contributed by atoms with Crippen molar-refractivity contribution in [2.24, 2.45) is 17.8 Å². The summed E-state index contributed by atoms with van der Waals surface area (Å²) >= 11 is 0. The predicted molar refractivity (Wildman–Crippen MR) is 69.8 cm³/mol. The van der Waals surface area contributed by atoms with Crippen LogP contribution in [0.1, 0.15) is 54.6 Å². The third kappa shape index (κ3) is 1.47. The first-order chi connectivity index (χ1) is 9.07. The Kier molecular flexibility index (Phi) is 2.10. The fraction of sp³-hybridized carbons (Fsp3) is 0.714. The fourth-order valence-electron chi connectivity index (χ4n) is 5.46. The van der Waals surface area contributed by atoms with Crippen LogP contribution in [0.4, 0.5) is 5.82 Å². The van der Waals surface area contributed by atoms with E-state index in [0.29, 0.717) is 5.82 Å². The maximum Gasteiger partial charge on any atom is 0.354 e. The van der Waals surface area contributed by atoms with Crippen LogP contribution >= 0.6 is 0 Å². The van der Waals surface area contributed by atoms with Crippen molar-refractivity contribution in [3.8, 4) is 0 Å². The number of hydrogen-bond acceptors (Lipinski definition) is 3. The molecule has 5 rings (SSSR count). The minimum absolute atomic E-state index is 0.0143. The summed E-state index contributed by atoms with van der Waals surface area (Å²) in [7, 11) is 0. The summed E-state index contributed by atoms with van der Waals surface area (Å²) in [6.45, 7) is 0. The van der Waals surface area contributed by atoms with E-state index in [9.17, 15) is 9.90 Å². The van der Waals surface area contributed by atoms with E-state index in [2.05, 4.69) is 10.2 Å². The normalized spacial score (nSPS) is 39.7. The number of nitrogen functional groups attached to an aromatic ring is 1. The Bertz CT molecular complexity index is 514. The van der Waals surface area contributed by atoms with Crippen LogP contribution in [0, 0.1) is 17.8 Å². The lowest BCUT2D eigenvalue weighted by atomic mass is 9.48. The van der Waals surface area contributed by atoms with Gasteiger partial charge in [0.1, 0.15) is 11.5 Å². The summed E-state index contributed by atoms with van der Waals surface area (Å²) in [5, 5.41) is 15.9. The van der Waals surface area contributed by atoms with E-state index < -0.39 is 5.97 Å². The van der Waals surface area contributed by atoms with Crippen LogP contribution < -0.4 is 5.73 Å². The SMILES string of the molecule is Nc1n[nH]c(C(=O)O)c1C12CC3CC(CC(C3)C1)C2. The topological polar surface area (TPSA) is 92.0 Å². The predicted octanol–water partition coefficient (Wildman–Crippen LogP) is 2.16. The molecule has 0 radical (unpaired) electrons. The first kappa shape index (κ1) is 11.3. The quantitative estimate of drug-likeness (QED) is 0.760. The minimum atomic E-state index is -0.935. The second-order valence-corrected chi connectivity index (χ2v) is 6.86. The number of nitrogens with one attached hydrogen (secondary N) is 1. The third-order valence-corrected chi connectivity index (χ3v) is 5.58. The molecule has 102 valence electrons. The Hall–Kier alpha value is -1.52. The van der Waals surface area contributed by atoms with E-state index >= 15 is 0 Å². The molecule has 1 heterocycles. The number of rotatable bonds is 2. The van der Waals surface area contributed by atoms with Crippen molar-refractivity contribution >= 4 is 11.8 Å². The molecule has 19 heavy (non-hydrogen) atoms. The number of carboxylic acid groups (broad SMARTS) is 1. The molecule has 0 aliphatic heterocycles. The van der Waals surface area contributed by atoms with Crippen molar-refractivity contribution in [1.82, 2.24) is 10.2 Å². The van der Waals surface area contributed by atoms with Crippen molar-refractivity contribution in [2.75, 3.05) is 5.73 Å². The molecule has 0 saturated heterocycles. The van der Waals surface area contributed by atoms with Gasteiger partial charge < -0.3 is 10.8 Å². The number of aromatic nitrogens is 2. The molecule has 0 spiro atoms. The molecular formula is C14H19N3O2. The summed E-state index contributed by atoms with van der Waals surface area (Å²) < 4.78 is 0. The largest absolute Gasteiger partial charge is 0.477 e. The highest BCUT2D eigenvalue weighted by Crippen LogP contribution is 2.61. The fourth-order valence-corrected chi connectivity index (χ4v) is 5.46. The van der Waals surface area contributed by atoms with Gasteiger partial charge >= 0.3 is 5.97 Å². The van der Waals surface area contributed by atoms with Gasteiger partial charge in [-0.1, -0.05) is 0 Å². The lowest BCUT2D eigenvalue weighted by Gasteiger charge is -2.56. The van der Waals surface area contributed by atoms with Gasteiger partial charge in [-0.25, -0.2) is 4.79 Å². The van der Waals surface area contributed by atoms with Gasteiger partial charge in [0.15, 0.2) is 0 Å². The van der Waals surface area contributed by atoms with Gasteiger partial charge in [0.2, 0.25) is 0 Å².